The Labute approximate surface area is 112 Å². The van der Waals surface area contributed by atoms with Gasteiger partial charge in [0.15, 0.2) is 0 Å². The van der Waals surface area contributed by atoms with Crippen LogP contribution in [0.2, 0.25) is 0 Å². The monoisotopic (exact) mass is 268 g/mol. The van der Waals surface area contributed by atoms with Gasteiger partial charge in [-0.15, -0.1) is 0 Å². The lowest BCUT2D eigenvalue weighted by Gasteiger charge is -2.23. The second-order valence-corrected chi connectivity index (χ2v) is 5.46. The van der Waals surface area contributed by atoms with Crippen LogP contribution in [0.5, 0.6) is 0 Å². The Balaban J connectivity index is 1.85. The van der Waals surface area contributed by atoms with Crippen LogP contribution >= 0.6 is 11.8 Å². The van der Waals surface area contributed by atoms with Gasteiger partial charge in [-0.05, 0) is 30.5 Å². The first-order chi connectivity index (χ1) is 8.88. The second-order valence-electron chi connectivity index (χ2n) is 4.36. The number of rotatable bonds is 6. The number of nitrogens with zero attached hydrogens (tertiary/aromatic N) is 1. The van der Waals surface area contributed by atoms with E-state index in [0.717, 1.165) is 43.4 Å². The van der Waals surface area contributed by atoms with Gasteiger partial charge in [-0.1, -0.05) is 0 Å². The quantitative estimate of drug-likeness (QED) is 0.772. The van der Waals surface area contributed by atoms with Crippen LogP contribution in [0, 0.1) is 0 Å². The third-order valence-electron chi connectivity index (χ3n) is 2.90. The Hall–Kier alpha value is -0.780. The summed E-state index contributed by atoms with van der Waals surface area (Å²) >= 11 is 1.74. The number of anilines is 1. The lowest BCUT2D eigenvalue weighted by Crippen LogP contribution is -2.28. The molecule has 100 valence electrons. The highest BCUT2D eigenvalue weighted by Gasteiger charge is 2.13. The van der Waals surface area contributed by atoms with Crippen molar-refractivity contribution in [2.24, 2.45) is 0 Å². The predicted octanol–water partition coefficient (Wildman–Crippen LogP) is 1.90. The summed E-state index contributed by atoms with van der Waals surface area (Å²) in [6.45, 7) is 1.91. The zero-order valence-corrected chi connectivity index (χ0v) is 11.3. The highest BCUT2D eigenvalue weighted by atomic mass is 32.2. The summed E-state index contributed by atoms with van der Waals surface area (Å²) in [6.07, 6.45) is 3.94. The van der Waals surface area contributed by atoms with Crippen molar-refractivity contribution in [1.82, 2.24) is 4.98 Å². The largest absolute Gasteiger partial charge is 0.396 e. The number of nitrogens with one attached hydrogen (secondary N) is 1. The molecule has 0 saturated carbocycles. The van der Waals surface area contributed by atoms with Crippen molar-refractivity contribution >= 4 is 17.6 Å². The standard InChI is InChI=1S/C13H20N2O2S/c16-5-8-18-10-11-1-4-14-13(9-11)15-12-2-6-17-7-3-12/h1,4,9,12,16H,2-3,5-8,10H2,(H,14,15). The van der Waals surface area contributed by atoms with Crippen molar-refractivity contribution in [1.29, 1.82) is 0 Å². The van der Waals surface area contributed by atoms with Crippen LogP contribution in [-0.2, 0) is 10.5 Å². The molecule has 18 heavy (non-hydrogen) atoms. The first kappa shape index (κ1) is 13.6. The number of thioether (sulfide) groups is 1. The number of hydrogen-bond donors (Lipinski definition) is 2. The topological polar surface area (TPSA) is 54.4 Å². The summed E-state index contributed by atoms with van der Waals surface area (Å²) < 4.78 is 5.34. The van der Waals surface area contributed by atoms with Crippen LogP contribution in [-0.4, -0.2) is 41.7 Å². The zero-order valence-electron chi connectivity index (χ0n) is 10.5. The Morgan fingerprint density at radius 1 is 1.44 bits per heavy atom. The van der Waals surface area contributed by atoms with Gasteiger partial charge in [-0.2, -0.15) is 11.8 Å². The van der Waals surface area contributed by atoms with Gasteiger partial charge in [0.05, 0.1) is 6.61 Å². The van der Waals surface area contributed by atoms with Crippen molar-refractivity contribution in [3.8, 4) is 0 Å². The normalized spacial score (nSPS) is 16.7. The molecule has 0 amide bonds. The van der Waals surface area contributed by atoms with Crippen molar-refractivity contribution in [3.05, 3.63) is 23.9 Å². The molecule has 0 aliphatic carbocycles. The molecule has 1 aromatic heterocycles. The molecule has 0 bridgehead atoms. The number of aliphatic hydroxyl groups is 1. The van der Waals surface area contributed by atoms with Crippen molar-refractivity contribution in [2.45, 2.75) is 24.6 Å². The van der Waals surface area contributed by atoms with Crippen LogP contribution in [0.15, 0.2) is 18.3 Å². The Bertz CT molecular complexity index is 357. The van der Waals surface area contributed by atoms with Gasteiger partial charge in [0.2, 0.25) is 0 Å². The van der Waals surface area contributed by atoms with Gasteiger partial charge < -0.3 is 15.2 Å². The average molecular weight is 268 g/mol. The number of ether oxygens (including phenoxy) is 1. The minimum Gasteiger partial charge on any atom is -0.396 e. The summed E-state index contributed by atoms with van der Waals surface area (Å²) in [5, 5.41) is 12.2. The minimum absolute atomic E-state index is 0.239. The fourth-order valence-corrected chi connectivity index (χ4v) is 2.64. The molecule has 1 aliphatic heterocycles. The van der Waals surface area contributed by atoms with Crippen molar-refractivity contribution in [3.63, 3.8) is 0 Å². The molecule has 1 fully saturated rings. The molecule has 2 heterocycles. The van der Waals surface area contributed by atoms with E-state index in [1.807, 2.05) is 12.3 Å². The van der Waals surface area contributed by atoms with Crippen LogP contribution in [0.25, 0.3) is 0 Å². The van der Waals surface area contributed by atoms with E-state index in [0.29, 0.717) is 6.04 Å². The summed E-state index contributed by atoms with van der Waals surface area (Å²) in [4.78, 5) is 4.35. The predicted molar refractivity (Wildman–Crippen MR) is 74.9 cm³/mol. The van der Waals surface area contributed by atoms with Crippen LogP contribution in [0.3, 0.4) is 0 Å². The first-order valence-corrected chi connectivity index (χ1v) is 7.52. The molecule has 1 aliphatic rings. The molecule has 0 radical (unpaired) electrons. The maximum absolute atomic E-state index is 8.76. The number of aromatic nitrogens is 1. The Kier molecular flexibility index (Phi) is 5.77. The van der Waals surface area contributed by atoms with E-state index in [2.05, 4.69) is 16.4 Å². The first-order valence-electron chi connectivity index (χ1n) is 6.36. The van der Waals surface area contributed by atoms with Crippen LogP contribution in [0.4, 0.5) is 5.82 Å². The summed E-state index contributed by atoms with van der Waals surface area (Å²) in [5.41, 5.74) is 1.25. The van der Waals surface area contributed by atoms with Crippen molar-refractivity contribution < 1.29 is 9.84 Å². The van der Waals surface area contributed by atoms with E-state index >= 15 is 0 Å². The molecule has 4 nitrogen and oxygen atoms in total. The lowest BCUT2D eigenvalue weighted by molar-refractivity contribution is 0.0904. The van der Waals surface area contributed by atoms with E-state index in [-0.39, 0.29) is 6.61 Å². The molecule has 0 spiro atoms. The molecule has 1 aromatic rings. The molecular formula is C13H20N2O2S. The molecule has 0 atom stereocenters. The molecule has 5 heteroatoms. The van der Waals surface area contributed by atoms with Crippen molar-refractivity contribution in [2.75, 3.05) is 30.9 Å². The second kappa shape index (κ2) is 7.61. The molecular weight excluding hydrogens is 248 g/mol. The van der Waals surface area contributed by atoms with E-state index < -0.39 is 0 Å². The number of hydrogen-bond acceptors (Lipinski definition) is 5. The maximum Gasteiger partial charge on any atom is 0.126 e. The number of pyridine rings is 1. The van der Waals surface area contributed by atoms with Gasteiger partial charge in [0.25, 0.3) is 0 Å². The number of aliphatic hydroxyl groups excluding tert-OH is 1. The van der Waals surface area contributed by atoms with E-state index in [1.54, 1.807) is 11.8 Å². The van der Waals surface area contributed by atoms with Gasteiger partial charge in [0, 0.05) is 37.0 Å². The molecule has 1 saturated heterocycles. The van der Waals surface area contributed by atoms with E-state index in [1.165, 1.54) is 5.56 Å². The van der Waals surface area contributed by atoms with Crippen LogP contribution < -0.4 is 5.32 Å². The Morgan fingerprint density at radius 2 is 2.28 bits per heavy atom. The fourth-order valence-electron chi connectivity index (χ4n) is 1.95. The fraction of sp³-hybridized carbons (Fsp3) is 0.615. The van der Waals surface area contributed by atoms with Gasteiger partial charge in [-0.3, -0.25) is 0 Å². The van der Waals surface area contributed by atoms with Crippen LogP contribution in [0.1, 0.15) is 18.4 Å². The summed E-state index contributed by atoms with van der Waals surface area (Å²) in [6, 6.07) is 4.60. The van der Waals surface area contributed by atoms with Gasteiger partial charge in [-0.25, -0.2) is 4.98 Å². The van der Waals surface area contributed by atoms with E-state index in [4.69, 9.17) is 9.84 Å². The van der Waals surface area contributed by atoms with Gasteiger partial charge >= 0.3 is 0 Å². The third kappa shape index (κ3) is 4.48. The molecule has 0 aromatic carbocycles. The van der Waals surface area contributed by atoms with E-state index in [9.17, 15) is 0 Å². The summed E-state index contributed by atoms with van der Waals surface area (Å²) in [7, 11) is 0. The maximum atomic E-state index is 8.76. The minimum atomic E-state index is 0.239. The highest BCUT2D eigenvalue weighted by molar-refractivity contribution is 7.98. The SMILES string of the molecule is OCCSCc1ccnc(NC2CCOCC2)c1. The molecule has 2 N–H and O–H groups in total. The zero-order chi connectivity index (χ0) is 12.6. The average Bonchev–Trinajstić information content (AvgIpc) is 2.41. The highest BCUT2D eigenvalue weighted by Crippen LogP contribution is 2.17. The smallest absolute Gasteiger partial charge is 0.126 e. The van der Waals surface area contributed by atoms with Gasteiger partial charge in [0.1, 0.15) is 5.82 Å². The third-order valence-corrected chi connectivity index (χ3v) is 3.91. The summed E-state index contributed by atoms with van der Waals surface area (Å²) in [5.74, 6) is 2.65. The lowest BCUT2D eigenvalue weighted by atomic mass is 10.1. The molecule has 2 rings (SSSR count). The Morgan fingerprint density at radius 3 is 3.06 bits per heavy atom. The molecule has 0 unspecified atom stereocenters.